The fourth-order valence-corrected chi connectivity index (χ4v) is 2.86. The molecule has 0 aromatic heterocycles. The van der Waals surface area contributed by atoms with Crippen molar-refractivity contribution in [2.24, 2.45) is 0 Å². The summed E-state index contributed by atoms with van der Waals surface area (Å²) in [5.74, 6) is -6.84. The van der Waals surface area contributed by atoms with Crippen LogP contribution in [-0.4, -0.2) is 6.04 Å². The summed E-state index contributed by atoms with van der Waals surface area (Å²) in [4.78, 5) is 0. The van der Waals surface area contributed by atoms with Crippen molar-refractivity contribution in [3.63, 3.8) is 0 Å². The van der Waals surface area contributed by atoms with Crippen LogP contribution < -0.4 is 5.73 Å². The highest BCUT2D eigenvalue weighted by Crippen LogP contribution is 2.47. The Morgan fingerprint density at radius 3 is 2.06 bits per heavy atom. The molecule has 4 rings (SSSR count). The van der Waals surface area contributed by atoms with Crippen LogP contribution in [0.5, 0.6) is 0 Å². The predicted molar refractivity (Wildman–Crippen MR) is 52.2 cm³/mol. The highest BCUT2D eigenvalue weighted by molar-refractivity contribution is 5.47. The Labute approximate surface area is 94.9 Å². The van der Waals surface area contributed by atoms with Crippen LogP contribution in [0.4, 0.5) is 17.6 Å². The van der Waals surface area contributed by atoms with Gasteiger partial charge in [-0.3, -0.25) is 0 Å². The molecule has 3 aliphatic carbocycles. The van der Waals surface area contributed by atoms with Crippen LogP contribution in [0.25, 0.3) is 0 Å². The lowest BCUT2D eigenvalue weighted by molar-refractivity contribution is -0.427. The predicted octanol–water partition coefficient (Wildman–Crippen LogP) is 1.99. The third-order valence-corrected chi connectivity index (χ3v) is 3.66. The van der Waals surface area contributed by atoms with E-state index in [1.54, 1.807) is 12.2 Å². The van der Waals surface area contributed by atoms with Crippen LogP contribution >= 0.6 is 0 Å². The molecular weight excluding hydrogens is 234 g/mol. The molecule has 0 saturated heterocycles. The maximum absolute atomic E-state index is 13.7. The summed E-state index contributed by atoms with van der Waals surface area (Å²) < 4.78 is 53.8. The van der Waals surface area contributed by atoms with Crippen molar-refractivity contribution in [1.29, 1.82) is 0 Å². The SMILES string of the molecule is [NH3+][C@@H]1C[C@H]2C=C[C@H]1c1c(F)c(F)c(F)c(F)c12. The quantitative estimate of drug-likeness (QED) is 0.313. The first kappa shape index (κ1) is 10.8. The molecular formula is C12H10F4N+. The van der Waals surface area contributed by atoms with Crippen LogP contribution in [0.3, 0.4) is 0 Å². The fraction of sp³-hybridized carbons (Fsp3) is 0.333. The van der Waals surface area contributed by atoms with Gasteiger partial charge in [0.1, 0.15) is 0 Å². The molecule has 0 saturated carbocycles. The first-order valence-corrected chi connectivity index (χ1v) is 5.39. The zero-order chi connectivity index (χ0) is 12.3. The number of quaternary nitrogens is 1. The minimum absolute atomic E-state index is 0.0335. The Bertz CT molecular complexity index is 538. The maximum atomic E-state index is 13.7. The van der Waals surface area contributed by atoms with E-state index in [0.29, 0.717) is 6.42 Å². The van der Waals surface area contributed by atoms with E-state index >= 15 is 0 Å². The minimum Gasteiger partial charge on any atom is -0.354 e. The first-order chi connectivity index (χ1) is 8.02. The molecule has 3 atom stereocenters. The molecule has 0 spiro atoms. The fourth-order valence-electron chi connectivity index (χ4n) is 2.86. The second kappa shape index (κ2) is 3.32. The number of fused-ring (bicyclic) bond motifs is 1. The Morgan fingerprint density at radius 1 is 0.882 bits per heavy atom. The minimum atomic E-state index is -1.73. The number of halogens is 4. The third kappa shape index (κ3) is 1.23. The number of benzene rings is 1. The average Bonchev–Trinajstić information content (AvgIpc) is 2.33. The standard InChI is InChI=1S/C12H9F4N/c13-9-7-4-1-2-5(6(17)3-4)8(7)10(14)12(16)11(9)15/h1-2,4-6H,3,17H2/p+1/t4-,5-,6-/m1/s1. The van der Waals surface area contributed by atoms with Crippen molar-refractivity contribution >= 4 is 0 Å². The van der Waals surface area contributed by atoms with Crippen molar-refractivity contribution in [3.8, 4) is 0 Å². The van der Waals surface area contributed by atoms with E-state index < -0.39 is 35.1 Å². The molecule has 3 N–H and O–H groups in total. The second-order valence-electron chi connectivity index (χ2n) is 4.60. The highest BCUT2D eigenvalue weighted by Gasteiger charge is 2.43. The number of hydrogen-bond acceptors (Lipinski definition) is 0. The molecule has 0 unspecified atom stereocenters. The van der Waals surface area contributed by atoms with Gasteiger partial charge in [-0.25, -0.2) is 17.6 Å². The summed E-state index contributed by atoms with van der Waals surface area (Å²) in [6.45, 7) is 0. The van der Waals surface area contributed by atoms with E-state index in [0.717, 1.165) is 0 Å². The summed E-state index contributed by atoms with van der Waals surface area (Å²) in [7, 11) is 0. The van der Waals surface area contributed by atoms with Gasteiger partial charge in [0.15, 0.2) is 23.3 Å². The molecule has 90 valence electrons. The maximum Gasteiger partial charge on any atom is 0.197 e. The molecule has 2 bridgehead atoms. The summed E-state index contributed by atoms with van der Waals surface area (Å²) in [6.07, 6.45) is 3.96. The molecule has 17 heavy (non-hydrogen) atoms. The van der Waals surface area contributed by atoms with Crippen LogP contribution in [0.15, 0.2) is 12.2 Å². The molecule has 0 radical (unpaired) electrons. The van der Waals surface area contributed by atoms with Crippen molar-refractivity contribution < 1.29 is 23.3 Å². The Kier molecular flexibility index (Phi) is 2.10. The topological polar surface area (TPSA) is 27.6 Å². The second-order valence-corrected chi connectivity index (χ2v) is 4.60. The van der Waals surface area contributed by atoms with Gasteiger partial charge in [0.25, 0.3) is 0 Å². The van der Waals surface area contributed by atoms with Crippen LogP contribution in [0.2, 0.25) is 0 Å². The highest BCUT2D eigenvalue weighted by atomic mass is 19.2. The lowest BCUT2D eigenvalue weighted by Crippen LogP contribution is -2.65. The van der Waals surface area contributed by atoms with E-state index in [-0.39, 0.29) is 17.2 Å². The molecule has 0 heterocycles. The van der Waals surface area contributed by atoms with E-state index in [9.17, 15) is 17.6 Å². The Morgan fingerprint density at radius 2 is 1.47 bits per heavy atom. The smallest absolute Gasteiger partial charge is 0.197 e. The largest absolute Gasteiger partial charge is 0.354 e. The molecule has 1 aromatic rings. The zero-order valence-electron chi connectivity index (χ0n) is 8.81. The van der Waals surface area contributed by atoms with Gasteiger partial charge in [-0.05, 0) is 0 Å². The number of rotatable bonds is 0. The van der Waals surface area contributed by atoms with E-state index in [1.807, 2.05) is 0 Å². The van der Waals surface area contributed by atoms with Crippen molar-refractivity contribution in [3.05, 3.63) is 46.5 Å². The molecule has 1 nitrogen and oxygen atoms in total. The van der Waals surface area contributed by atoms with Gasteiger partial charge in [0.2, 0.25) is 0 Å². The molecule has 1 aromatic carbocycles. The Balaban J connectivity index is 2.36. The van der Waals surface area contributed by atoms with Crippen LogP contribution in [-0.2, 0) is 0 Å². The first-order valence-electron chi connectivity index (χ1n) is 5.39. The number of hydrogen-bond donors (Lipinski definition) is 1. The molecule has 0 aliphatic heterocycles. The van der Waals surface area contributed by atoms with Crippen molar-refractivity contribution in [2.75, 3.05) is 0 Å². The van der Waals surface area contributed by atoms with Gasteiger partial charge >= 0.3 is 0 Å². The lowest BCUT2D eigenvalue weighted by atomic mass is 9.68. The summed E-state index contributed by atoms with van der Waals surface area (Å²) >= 11 is 0. The van der Waals surface area contributed by atoms with Gasteiger partial charge < -0.3 is 5.73 Å². The zero-order valence-corrected chi connectivity index (χ0v) is 8.81. The van der Waals surface area contributed by atoms with Crippen LogP contribution in [0.1, 0.15) is 29.4 Å². The average molecular weight is 244 g/mol. The molecule has 5 heteroatoms. The summed E-state index contributed by atoms with van der Waals surface area (Å²) in [5, 5.41) is 0. The van der Waals surface area contributed by atoms with Gasteiger partial charge in [0.05, 0.1) is 12.0 Å². The van der Waals surface area contributed by atoms with Gasteiger partial charge in [-0.1, -0.05) is 12.2 Å². The van der Waals surface area contributed by atoms with Gasteiger partial charge in [-0.15, -0.1) is 0 Å². The molecule has 0 fully saturated rings. The van der Waals surface area contributed by atoms with Crippen molar-refractivity contribution in [1.82, 2.24) is 0 Å². The van der Waals surface area contributed by atoms with Crippen molar-refractivity contribution in [2.45, 2.75) is 24.3 Å². The van der Waals surface area contributed by atoms with E-state index in [1.165, 1.54) is 0 Å². The molecule has 3 aliphatic rings. The summed E-state index contributed by atoms with van der Waals surface area (Å²) in [5.41, 5.74) is 3.76. The monoisotopic (exact) mass is 244 g/mol. The van der Waals surface area contributed by atoms with Gasteiger partial charge in [-0.2, -0.15) is 0 Å². The van der Waals surface area contributed by atoms with E-state index in [4.69, 9.17) is 0 Å². The third-order valence-electron chi connectivity index (χ3n) is 3.66. The molecule has 0 amide bonds. The normalized spacial score (nSPS) is 29.6. The van der Waals surface area contributed by atoms with Gasteiger partial charge in [0, 0.05) is 23.5 Å². The van der Waals surface area contributed by atoms with Crippen LogP contribution in [0, 0.1) is 23.3 Å². The summed E-state index contributed by atoms with van der Waals surface area (Å²) in [6, 6.07) is -0.128. The van der Waals surface area contributed by atoms with E-state index in [2.05, 4.69) is 5.73 Å². The number of allylic oxidation sites excluding steroid dienone is 1. The Hall–Kier alpha value is -1.36. The lowest BCUT2D eigenvalue weighted by Gasteiger charge is -2.36.